The minimum Gasteiger partial charge on any atom is -0.354 e. The van der Waals surface area contributed by atoms with E-state index in [9.17, 15) is 13.2 Å². The summed E-state index contributed by atoms with van der Waals surface area (Å²) in [5.74, 6) is -0.179. The fraction of sp³-hybridized carbons (Fsp3) is 0.421. The molecule has 0 aliphatic rings. The van der Waals surface area contributed by atoms with Gasteiger partial charge in [0.05, 0.1) is 10.9 Å². The van der Waals surface area contributed by atoms with Crippen LogP contribution >= 0.6 is 11.3 Å². The molecular weight excluding hydrogens is 382 g/mol. The molecule has 1 aromatic heterocycles. The molecule has 0 saturated heterocycles. The highest BCUT2D eigenvalue weighted by molar-refractivity contribution is 7.89. The molecule has 1 atom stereocenters. The Balaban J connectivity index is 1.83. The van der Waals surface area contributed by atoms with Gasteiger partial charge in [0.1, 0.15) is 0 Å². The molecule has 1 heterocycles. The van der Waals surface area contributed by atoms with E-state index >= 15 is 0 Å². The molecule has 1 aromatic carbocycles. The largest absolute Gasteiger partial charge is 0.354 e. The Kier molecular flexibility index (Phi) is 7.55. The molecule has 27 heavy (non-hydrogen) atoms. The maximum absolute atomic E-state index is 12.3. The Labute approximate surface area is 165 Å². The van der Waals surface area contributed by atoms with Crippen LogP contribution in [0.15, 0.2) is 40.6 Å². The number of nitrogens with one attached hydrogen (secondary N) is 2. The average Bonchev–Trinajstić information content (AvgIpc) is 3.11. The smallest absolute Gasteiger partial charge is 0.240 e. The van der Waals surface area contributed by atoms with Gasteiger partial charge in [0.15, 0.2) is 0 Å². The molecule has 6 nitrogen and oxygen atoms in total. The van der Waals surface area contributed by atoms with E-state index in [0.717, 1.165) is 11.1 Å². The monoisotopic (exact) mass is 409 g/mol. The van der Waals surface area contributed by atoms with Crippen molar-refractivity contribution in [2.75, 3.05) is 27.2 Å². The van der Waals surface area contributed by atoms with Crippen LogP contribution in [0.3, 0.4) is 0 Å². The summed E-state index contributed by atoms with van der Waals surface area (Å²) in [5, 5.41) is 4.90. The Morgan fingerprint density at radius 2 is 1.93 bits per heavy atom. The van der Waals surface area contributed by atoms with Gasteiger partial charge in [0.25, 0.3) is 0 Å². The molecule has 148 valence electrons. The summed E-state index contributed by atoms with van der Waals surface area (Å²) < 4.78 is 27.2. The molecule has 0 saturated carbocycles. The van der Waals surface area contributed by atoms with Crippen molar-refractivity contribution in [2.24, 2.45) is 0 Å². The number of thiophene rings is 1. The van der Waals surface area contributed by atoms with Crippen molar-refractivity contribution in [3.63, 3.8) is 0 Å². The normalized spacial score (nSPS) is 12.9. The van der Waals surface area contributed by atoms with Gasteiger partial charge in [-0.2, -0.15) is 0 Å². The lowest BCUT2D eigenvalue weighted by molar-refractivity contribution is -0.121. The Morgan fingerprint density at radius 3 is 2.52 bits per heavy atom. The number of hydrogen-bond donors (Lipinski definition) is 2. The first-order valence-corrected chi connectivity index (χ1v) is 11.1. The topological polar surface area (TPSA) is 78.5 Å². The molecule has 0 bridgehead atoms. The molecule has 2 N–H and O–H groups in total. The SMILES string of the molecule is Cc1ccc(S(=O)(=O)NCCC(=O)NC[C@H](c2cccs2)N(C)C)cc1C. The second-order valence-corrected chi connectivity index (χ2v) is 9.44. The van der Waals surface area contributed by atoms with Crippen LogP contribution in [0.4, 0.5) is 0 Å². The molecule has 0 radical (unpaired) electrons. The Bertz CT molecular complexity index is 862. The Hall–Kier alpha value is -1.74. The van der Waals surface area contributed by atoms with Gasteiger partial charge in [0.2, 0.25) is 15.9 Å². The van der Waals surface area contributed by atoms with Crippen molar-refractivity contribution >= 4 is 27.3 Å². The summed E-state index contributed by atoms with van der Waals surface area (Å²) in [6, 6.07) is 9.12. The first-order chi connectivity index (χ1) is 12.7. The minimum absolute atomic E-state index is 0.0622. The van der Waals surface area contributed by atoms with E-state index in [1.165, 1.54) is 4.88 Å². The predicted molar refractivity (Wildman–Crippen MR) is 109 cm³/mol. The number of hydrogen-bond acceptors (Lipinski definition) is 5. The van der Waals surface area contributed by atoms with Crippen LogP contribution in [0.25, 0.3) is 0 Å². The maximum atomic E-state index is 12.3. The second-order valence-electron chi connectivity index (χ2n) is 6.69. The summed E-state index contributed by atoms with van der Waals surface area (Å²) in [7, 11) is 0.321. The third kappa shape index (κ3) is 6.14. The standard InChI is InChI=1S/C19H27N3O3S2/c1-14-7-8-16(12-15(14)2)27(24,25)21-10-9-19(23)20-13-17(22(3)4)18-6-5-11-26-18/h5-8,11-12,17,21H,9-10,13H2,1-4H3,(H,20,23)/t17-/m1/s1. The summed E-state index contributed by atoms with van der Waals surface area (Å²) in [5.41, 5.74) is 1.95. The van der Waals surface area contributed by atoms with E-state index in [2.05, 4.69) is 14.9 Å². The molecule has 2 aromatic rings. The third-order valence-electron chi connectivity index (χ3n) is 4.42. The second kappa shape index (κ2) is 9.45. The van der Waals surface area contributed by atoms with Crippen molar-refractivity contribution in [1.29, 1.82) is 0 Å². The zero-order chi connectivity index (χ0) is 20.0. The van der Waals surface area contributed by atoms with E-state index in [0.29, 0.717) is 6.54 Å². The quantitative estimate of drug-likeness (QED) is 0.667. The van der Waals surface area contributed by atoms with Crippen molar-refractivity contribution in [1.82, 2.24) is 14.9 Å². The zero-order valence-electron chi connectivity index (χ0n) is 16.2. The molecule has 2 rings (SSSR count). The number of rotatable bonds is 9. The lowest BCUT2D eigenvalue weighted by atomic mass is 10.1. The van der Waals surface area contributed by atoms with Gasteiger partial charge < -0.3 is 10.2 Å². The number of carbonyl (C=O) groups excluding carboxylic acids is 1. The lowest BCUT2D eigenvalue weighted by Crippen LogP contribution is -2.36. The minimum atomic E-state index is -3.61. The summed E-state index contributed by atoms with van der Waals surface area (Å²) in [4.78, 5) is 15.5. The molecule has 0 aliphatic carbocycles. The van der Waals surface area contributed by atoms with Gasteiger partial charge >= 0.3 is 0 Å². The number of likely N-dealkylation sites (N-methyl/N-ethyl adjacent to an activating group) is 1. The van der Waals surface area contributed by atoms with Gasteiger partial charge in [-0.25, -0.2) is 13.1 Å². The molecular formula is C19H27N3O3S2. The van der Waals surface area contributed by atoms with Crippen LogP contribution in [-0.4, -0.2) is 46.4 Å². The first-order valence-electron chi connectivity index (χ1n) is 8.74. The highest BCUT2D eigenvalue weighted by Crippen LogP contribution is 2.22. The molecule has 1 amide bonds. The summed E-state index contributed by atoms with van der Waals surface area (Å²) in [6.45, 7) is 4.35. The number of nitrogens with zero attached hydrogens (tertiary/aromatic N) is 1. The number of aryl methyl sites for hydroxylation is 2. The maximum Gasteiger partial charge on any atom is 0.240 e. The van der Waals surface area contributed by atoms with Gasteiger partial charge in [-0.05, 0) is 62.6 Å². The first kappa shape index (κ1) is 21.6. The molecule has 0 aliphatic heterocycles. The zero-order valence-corrected chi connectivity index (χ0v) is 17.8. The summed E-state index contributed by atoms with van der Waals surface area (Å²) >= 11 is 1.65. The fourth-order valence-electron chi connectivity index (χ4n) is 2.58. The number of carbonyl (C=O) groups is 1. The fourth-order valence-corrected chi connectivity index (χ4v) is 4.62. The van der Waals surface area contributed by atoms with Crippen LogP contribution in [0.5, 0.6) is 0 Å². The van der Waals surface area contributed by atoms with E-state index in [1.54, 1.807) is 29.5 Å². The highest BCUT2D eigenvalue weighted by Gasteiger charge is 2.17. The Morgan fingerprint density at radius 1 is 1.19 bits per heavy atom. The highest BCUT2D eigenvalue weighted by atomic mass is 32.2. The van der Waals surface area contributed by atoms with Crippen LogP contribution in [-0.2, 0) is 14.8 Å². The average molecular weight is 410 g/mol. The van der Waals surface area contributed by atoms with E-state index in [-0.39, 0.29) is 29.8 Å². The van der Waals surface area contributed by atoms with E-state index < -0.39 is 10.0 Å². The van der Waals surface area contributed by atoms with Crippen LogP contribution in [0.1, 0.15) is 28.5 Å². The van der Waals surface area contributed by atoms with E-state index in [4.69, 9.17) is 0 Å². The third-order valence-corrected chi connectivity index (χ3v) is 6.85. The van der Waals surface area contributed by atoms with Crippen LogP contribution in [0, 0.1) is 13.8 Å². The van der Waals surface area contributed by atoms with Crippen molar-refractivity contribution in [2.45, 2.75) is 31.2 Å². The molecule has 8 heteroatoms. The van der Waals surface area contributed by atoms with Crippen LogP contribution < -0.4 is 10.0 Å². The number of benzene rings is 1. The van der Waals surface area contributed by atoms with Crippen molar-refractivity contribution < 1.29 is 13.2 Å². The van der Waals surface area contributed by atoms with Crippen LogP contribution in [0.2, 0.25) is 0 Å². The van der Waals surface area contributed by atoms with Gasteiger partial charge in [0, 0.05) is 24.4 Å². The van der Waals surface area contributed by atoms with Crippen molar-refractivity contribution in [3.05, 3.63) is 51.7 Å². The molecule has 0 unspecified atom stereocenters. The number of sulfonamides is 1. The summed E-state index contributed by atoms with van der Waals surface area (Å²) in [6.07, 6.45) is 0.0919. The number of amides is 1. The van der Waals surface area contributed by atoms with Gasteiger partial charge in [-0.1, -0.05) is 12.1 Å². The lowest BCUT2D eigenvalue weighted by Gasteiger charge is -2.23. The molecule has 0 fully saturated rings. The predicted octanol–water partition coefficient (Wildman–Crippen LogP) is 2.45. The van der Waals surface area contributed by atoms with Gasteiger partial charge in [-0.15, -0.1) is 11.3 Å². The van der Waals surface area contributed by atoms with Gasteiger partial charge in [-0.3, -0.25) is 4.79 Å². The van der Waals surface area contributed by atoms with E-state index in [1.807, 2.05) is 45.5 Å². The molecule has 0 spiro atoms. The van der Waals surface area contributed by atoms with Crippen molar-refractivity contribution in [3.8, 4) is 0 Å².